The molecule has 2 amide bonds. The van der Waals surface area contributed by atoms with Crippen molar-refractivity contribution in [1.82, 2.24) is 4.90 Å². The van der Waals surface area contributed by atoms with Gasteiger partial charge in [-0.2, -0.15) is 0 Å². The predicted octanol–water partition coefficient (Wildman–Crippen LogP) is 4.80. The maximum atomic E-state index is 12.5. The molecule has 1 aliphatic rings. The number of aromatic carboxylic acids is 1. The molecule has 1 N–H and O–H groups in total. The van der Waals surface area contributed by atoms with Crippen molar-refractivity contribution in [2.45, 2.75) is 13.0 Å². The summed E-state index contributed by atoms with van der Waals surface area (Å²) in [5.74, 6) is -0.720. The fraction of sp³-hybridized carbons (Fsp3) is 0.227. The third-order valence-corrected chi connectivity index (χ3v) is 5.95. The van der Waals surface area contributed by atoms with Gasteiger partial charge in [0, 0.05) is 20.3 Å². The highest BCUT2D eigenvalue weighted by atomic mass is 79.9. The molecule has 1 aliphatic heterocycles. The fourth-order valence-corrected chi connectivity index (χ4v) is 4.27. The molecule has 0 saturated carbocycles. The van der Waals surface area contributed by atoms with E-state index in [4.69, 9.17) is 14.6 Å². The zero-order valence-corrected chi connectivity index (χ0v) is 19.1. The molecule has 31 heavy (non-hydrogen) atoms. The SMILES string of the molecule is COCCCN1C(=O)S/C(=C/c2ccc(OCc3cccc(C(=O)O)c3)c(Br)c2)C1=O. The van der Waals surface area contributed by atoms with Crippen molar-refractivity contribution < 1.29 is 29.0 Å². The molecular formula is C22H20BrNO6S. The summed E-state index contributed by atoms with van der Waals surface area (Å²) in [4.78, 5) is 37.3. The number of rotatable bonds is 9. The molecule has 0 radical (unpaired) electrons. The summed E-state index contributed by atoms with van der Waals surface area (Å²) in [6, 6.07) is 11.9. The highest BCUT2D eigenvalue weighted by Gasteiger charge is 2.34. The van der Waals surface area contributed by atoms with Crippen LogP contribution in [0.4, 0.5) is 4.79 Å². The average Bonchev–Trinajstić information content (AvgIpc) is 3.01. The number of nitrogens with zero attached hydrogens (tertiary/aromatic N) is 1. The summed E-state index contributed by atoms with van der Waals surface area (Å²) < 4.78 is 11.4. The van der Waals surface area contributed by atoms with Crippen LogP contribution in [-0.4, -0.2) is 47.4 Å². The molecule has 0 unspecified atom stereocenters. The van der Waals surface area contributed by atoms with Crippen LogP contribution in [-0.2, 0) is 16.1 Å². The number of carbonyl (C=O) groups is 3. The van der Waals surface area contributed by atoms with E-state index >= 15 is 0 Å². The van der Waals surface area contributed by atoms with Crippen LogP contribution in [0.15, 0.2) is 51.8 Å². The first-order valence-corrected chi connectivity index (χ1v) is 11.0. The molecule has 9 heteroatoms. The third-order valence-electron chi connectivity index (χ3n) is 4.43. The van der Waals surface area contributed by atoms with Gasteiger partial charge >= 0.3 is 5.97 Å². The van der Waals surface area contributed by atoms with Crippen LogP contribution in [0.1, 0.15) is 27.9 Å². The first-order chi connectivity index (χ1) is 14.9. The van der Waals surface area contributed by atoms with Crippen molar-refractivity contribution in [1.29, 1.82) is 0 Å². The zero-order valence-electron chi connectivity index (χ0n) is 16.7. The molecule has 7 nitrogen and oxygen atoms in total. The number of hydrogen-bond donors (Lipinski definition) is 1. The van der Waals surface area contributed by atoms with E-state index in [-0.39, 0.29) is 23.3 Å². The Kier molecular flexibility index (Phi) is 7.89. The number of benzene rings is 2. The van der Waals surface area contributed by atoms with Gasteiger partial charge in [0.2, 0.25) is 0 Å². The minimum Gasteiger partial charge on any atom is -0.488 e. The average molecular weight is 506 g/mol. The summed E-state index contributed by atoms with van der Waals surface area (Å²) >= 11 is 4.38. The fourth-order valence-electron chi connectivity index (χ4n) is 2.89. The number of carboxylic acids is 1. The van der Waals surface area contributed by atoms with Gasteiger partial charge in [-0.25, -0.2) is 4.79 Å². The Morgan fingerprint density at radius 3 is 2.74 bits per heavy atom. The Hall–Kier alpha value is -2.62. The van der Waals surface area contributed by atoms with Gasteiger partial charge in [0.05, 0.1) is 14.9 Å². The van der Waals surface area contributed by atoms with Crippen molar-refractivity contribution in [2.24, 2.45) is 0 Å². The Morgan fingerprint density at radius 2 is 2.03 bits per heavy atom. The predicted molar refractivity (Wildman–Crippen MR) is 121 cm³/mol. The van der Waals surface area contributed by atoms with Crippen LogP contribution >= 0.6 is 27.7 Å². The van der Waals surface area contributed by atoms with Gasteiger partial charge in [0.1, 0.15) is 12.4 Å². The number of ether oxygens (including phenoxy) is 2. The molecule has 0 atom stereocenters. The van der Waals surface area contributed by atoms with Gasteiger partial charge in [0.15, 0.2) is 0 Å². The lowest BCUT2D eigenvalue weighted by Crippen LogP contribution is -2.29. The molecule has 1 heterocycles. The number of halogens is 1. The number of carbonyl (C=O) groups excluding carboxylic acids is 2. The number of hydrogen-bond acceptors (Lipinski definition) is 6. The molecule has 0 spiro atoms. The summed E-state index contributed by atoms with van der Waals surface area (Å²) in [6.07, 6.45) is 2.26. The van der Waals surface area contributed by atoms with Crippen LogP contribution in [0.5, 0.6) is 5.75 Å². The summed E-state index contributed by atoms with van der Waals surface area (Å²) in [6.45, 7) is 1.02. The second-order valence-electron chi connectivity index (χ2n) is 6.66. The second kappa shape index (κ2) is 10.6. The Labute approximate surface area is 192 Å². The van der Waals surface area contributed by atoms with Crippen molar-refractivity contribution >= 4 is 50.9 Å². The monoisotopic (exact) mass is 505 g/mol. The lowest BCUT2D eigenvalue weighted by atomic mass is 10.1. The van der Waals surface area contributed by atoms with E-state index in [1.165, 1.54) is 11.0 Å². The maximum Gasteiger partial charge on any atom is 0.335 e. The van der Waals surface area contributed by atoms with E-state index < -0.39 is 5.97 Å². The minimum atomic E-state index is -0.990. The summed E-state index contributed by atoms with van der Waals surface area (Å²) in [7, 11) is 1.58. The standard InChI is InChI=1S/C22H20BrNO6S/c1-29-9-3-8-24-20(25)19(31-22(24)28)12-14-6-7-18(17(23)11-14)30-13-15-4-2-5-16(10-15)21(26)27/h2,4-7,10-12H,3,8-9,13H2,1H3,(H,26,27)/b19-12+. The van der Waals surface area contributed by atoms with Gasteiger partial charge in [-0.3, -0.25) is 14.5 Å². The Morgan fingerprint density at radius 1 is 1.23 bits per heavy atom. The Bertz CT molecular complexity index is 1040. The van der Waals surface area contributed by atoms with Crippen molar-refractivity contribution in [2.75, 3.05) is 20.3 Å². The first-order valence-electron chi connectivity index (χ1n) is 9.38. The molecule has 3 rings (SSSR count). The number of methoxy groups -OCH3 is 1. The van der Waals surface area contributed by atoms with Crippen molar-refractivity contribution in [3.63, 3.8) is 0 Å². The molecule has 0 aromatic heterocycles. The first kappa shape index (κ1) is 23.1. The van der Waals surface area contributed by atoms with E-state index in [0.29, 0.717) is 34.7 Å². The van der Waals surface area contributed by atoms with E-state index in [2.05, 4.69) is 15.9 Å². The van der Waals surface area contributed by atoms with E-state index in [9.17, 15) is 14.4 Å². The number of thioether (sulfide) groups is 1. The van der Waals surface area contributed by atoms with Crippen molar-refractivity contribution in [3.05, 3.63) is 68.5 Å². The van der Waals surface area contributed by atoms with E-state index in [1.54, 1.807) is 49.6 Å². The number of carboxylic acid groups (broad SMARTS) is 1. The molecule has 0 bridgehead atoms. The smallest absolute Gasteiger partial charge is 0.335 e. The maximum absolute atomic E-state index is 12.5. The molecule has 1 saturated heterocycles. The van der Waals surface area contributed by atoms with Crippen LogP contribution in [0.2, 0.25) is 0 Å². The van der Waals surface area contributed by atoms with Gasteiger partial charge < -0.3 is 14.6 Å². The summed E-state index contributed by atoms with van der Waals surface area (Å²) in [5, 5.41) is 8.80. The summed E-state index contributed by atoms with van der Waals surface area (Å²) in [5.41, 5.74) is 1.68. The molecule has 162 valence electrons. The Balaban J connectivity index is 1.67. The molecule has 2 aromatic rings. The molecule has 0 aliphatic carbocycles. The largest absolute Gasteiger partial charge is 0.488 e. The number of imide groups is 1. The van der Waals surface area contributed by atoms with E-state index in [1.807, 2.05) is 0 Å². The topological polar surface area (TPSA) is 93.1 Å². The highest BCUT2D eigenvalue weighted by Crippen LogP contribution is 2.34. The highest BCUT2D eigenvalue weighted by molar-refractivity contribution is 9.10. The van der Waals surface area contributed by atoms with Crippen LogP contribution in [0.3, 0.4) is 0 Å². The van der Waals surface area contributed by atoms with E-state index in [0.717, 1.165) is 22.9 Å². The second-order valence-corrected chi connectivity index (χ2v) is 8.51. The normalized spacial score (nSPS) is 15.0. The minimum absolute atomic E-state index is 0.201. The molecular weight excluding hydrogens is 486 g/mol. The molecule has 1 fully saturated rings. The van der Waals surface area contributed by atoms with Crippen LogP contribution in [0, 0.1) is 0 Å². The van der Waals surface area contributed by atoms with Crippen LogP contribution in [0.25, 0.3) is 6.08 Å². The quantitative estimate of drug-likeness (QED) is 0.386. The zero-order chi connectivity index (χ0) is 22.4. The van der Waals surface area contributed by atoms with Gasteiger partial charge in [0.25, 0.3) is 11.1 Å². The van der Waals surface area contributed by atoms with Gasteiger partial charge in [-0.1, -0.05) is 18.2 Å². The van der Waals surface area contributed by atoms with Crippen LogP contribution < -0.4 is 4.74 Å². The third kappa shape index (κ3) is 5.96. The van der Waals surface area contributed by atoms with Gasteiger partial charge in [-0.15, -0.1) is 0 Å². The number of amides is 2. The molecule has 2 aromatic carbocycles. The lowest BCUT2D eigenvalue weighted by molar-refractivity contribution is -0.122. The van der Waals surface area contributed by atoms with Gasteiger partial charge in [-0.05, 0) is 75.6 Å². The van der Waals surface area contributed by atoms with Crippen molar-refractivity contribution in [3.8, 4) is 5.75 Å². The lowest BCUT2D eigenvalue weighted by Gasteiger charge is -2.11.